The number of nitrogens with one attached hydrogen (secondary N) is 1. The predicted octanol–water partition coefficient (Wildman–Crippen LogP) is 5.27. The van der Waals surface area contributed by atoms with Gasteiger partial charge in [0.05, 0.1) is 15.3 Å². The first kappa shape index (κ1) is 24.2. The van der Waals surface area contributed by atoms with Crippen LogP contribution in [0.1, 0.15) is 69.8 Å². The molecule has 4 nitrogen and oxygen atoms in total. The number of alkyl halides is 3. The van der Waals surface area contributed by atoms with E-state index in [1.165, 1.54) is 37.8 Å². The lowest BCUT2D eigenvalue weighted by Crippen LogP contribution is -2.50. The fourth-order valence-electron chi connectivity index (χ4n) is 7.38. The van der Waals surface area contributed by atoms with Gasteiger partial charge in [-0.25, -0.2) is 8.51 Å². The van der Waals surface area contributed by atoms with Gasteiger partial charge in [-0.1, -0.05) is 19.3 Å². The number of piperidine rings is 1. The Labute approximate surface area is 200 Å². The van der Waals surface area contributed by atoms with Crippen LogP contribution in [0.4, 0.5) is 13.2 Å². The fraction of sp³-hybridized carbons (Fsp3) is 0.692. The van der Waals surface area contributed by atoms with Crippen LogP contribution in [-0.4, -0.2) is 38.9 Å². The maximum atomic E-state index is 13.5. The highest BCUT2D eigenvalue weighted by Crippen LogP contribution is 2.55. The SMILES string of the molecule is C=S(=O)(c1ccc(C(F)(F)F)cc1)N1CCCC(CC(=O)NC23CC4CCC[C@@H](CC4C2)C3)C1. The van der Waals surface area contributed by atoms with Crippen LogP contribution < -0.4 is 5.32 Å². The largest absolute Gasteiger partial charge is 0.416 e. The van der Waals surface area contributed by atoms with Crippen molar-refractivity contribution >= 4 is 21.5 Å². The lowest BCUT2D eigenvalue weighted by Gasteiger charge is -2.39. The molecule has 5 rings (SSSR count). The highest BCUT2D eigenvalue weighted by atomic mass is 32.2. The first-order valence-corrected chi connectivity index (χ1v) is 14.3. The zero-order chi connectivity index (χ0) is 24.1. The molecular formula is C26H35F3N2O2S. The maximum Gasteiger partial charge on any atom is 0.416 e. The molecule has 0 spiro atoms. The third-order valence-electron chi connectivity index (χ3n) is 8.80. The standard InChI is InChI=1S/C26H35F3N2O2S/c1-34(33,23-9-7-22(8-10-23)26(27,28)29)31-11-3-5-19(17-31)13-24(32)30-25-14-18-4-2-6-20(15-25)21(12-18)16-25/h7-10,18-21H,1-6,11-17H2,(H,30,32)/t18-,19?,20?,21?,25?,34?/m0/s1. The second-order valence-corrected chi connectivity index (χ2v) is 13.5. The van der Waals surface area contributed by atoms with Crippen molar-refractivity contribution in [3.8, 4) is 0 Å². The van der Waals surface area contributed by atoms with Crippen molar-refractivity contribution in [2.24, 2.45) is 23.7 Å². The molecule has 188 valence electrons. The van der Waals surface area contributed by atoms with Gasteiger partial charge < -0.3 is 5.32 Å². The van der Waals surface area contributed by atoms with Crippen LogP contribution in [0.2, 0.25) is 0 Å². The molecule has 0 radical (unpaired) electrons. The lowest BCUT2D eigenvalue weighted by molar-refractivity contribution is -0.137. The Morgan fingerprint density at radius 1 is 1.09 bits per heavy atom. The van der Waals surface area contributed by atoms with Gasteiger partial charge in [0.15, 0.2) is 0 Å². The molecule has 0 aromatic heterocycles. The fourth-order valence-corrected chi connectivity index (χ4v) is 9.12. The van der Waals surface area contributed by atoms with Crippen LogP contribution >= 0.6 is 0 Å². The summed E-state index contributed by atoms with van der Waals surface area (Å²) in [4.78, 5) is 13.4. The van der Waals surface area contributed by atoms with Gasteiger partial charge in [0.1, 0.15) is 0 Å². The van der Waals surface area contributed by atoms with Gasteiger partial charge in [0.25, 0.3) is 0 Å². The molecule has 3 saturated carbocycles. The summed E-state index contributed by atoms with van der Waals surface area (Å²) in [7, 11) is -2.91. The van der Waals surface area contributed by atoms with Crippen molar-refractivity contribution in [1.29, 1.82) is 0 Å². The van der Waals surface area contributed by atoms with Gasteiger partial charge in [-0.15, -0.1) is 0 Å². The van der Waals surface area contributed by atoms with E-state index in [2.05, 4.69) is 11.2 Å². The van der Waals surface area contributed by atoms with Crippen LogP contribution in [-0.2, 0) is 20.7 Å². The van der Waals surface area contributed by atoms with E-state index in [0.717, 1.165) is 62.0 Å². The molecule has 4 fully saturated rings. The Balaban J connectivity index is 1.21. The number of hydrogen-bond acceptors (Lipinski definition) is 2. The van der Waals surface area contributed by atoms with Gasteiger partial charge in [-0.3, -0.25) is 4.79 Å². The molecule has 3 aliphatic carbocycles. The Morgan fingerprint density at radius 3 is 2.56 bits per heavy atom. The molecule has 34 heavy (non-hydrogen) atoms. The van der Waals surface area contributed by atoms with Crippen molar-refractivity contribution in [3.05, 3.63) is 29.8 Å². The molecular weight excluding hydrogens is 461 g/mol. The van der Waals surface area contributed by atoms with Crippen LogP contribution in [0.5, 0.6) is 0 Å². The molecule has 1 aliphatic heterocycles. The quantitative estimate of drug-likeness (QED) is 0.565. The molecule has 4 aliphatic rings. The number of hydrogen-bond donors (Lipinski definition) is 1. The number of carbonyl (C=O) groups is 1. The number of fused-ring (bicyclic) bond motifs is 2. The summed E-state index contributed by atoms with van der Waals surface area (Å²) in [6.07, 6.45) is 6.27. The molecule has 8 heteroatoms. The topological polar surface area (TPSA) is 49.4 Å². The summed E-state index contributed by atoms with van der Waals surface area (Å²) >= 11 is 0. The second-order valence-electron chi connectivity index (χ2n) is 11.3. The van der Waals surface area contributed by atoms with Crippen LogP contribution in [0, 0.1) is 23.7 Å². The summed E-state index contributed by atoms with van der Waals surface area (Å²) in [6.45, 7) is 1.04. The van der Waals surface area contributed by atoms with Crippen molar-refractivity contribution in [1.82, 2.24) is 9.62 Å². The van der Waals surface area contributed by atoms with Gasteiger partial charge in [0, 0.05) is 29.9 Å². The predicted molar refractivity (Wildman–Crippen MR) is 128 cm³/mol. The zero-order valence-corrected chi connectivity index (χ0v) is 20.4. The number of amides is 1. The van der Waals surface area contributed by atoms with Gasteiger partial charge in [-0.2, -0.15) is 13.2 Å². The Kier molecular flexibility index (Phi) is 6.28. The van der Waals surface area contributed by atoms with E-state index < -0.39 is 21.4 Å². The summed E-state index contributed by atoms with van der Waals surface area (Å²) in [6, 6.07) is 4.46. The molecule has 6 atom stereocenters. The van der Waals surface area contributed by atoms with Crippen LogP contribution in [0.15, 0.2) is 29.2 Å². The minimum atomic E-state index is -4.43. The van der Waals surface area contributed by atoms with Gasteiger partial charge in [-0.05, 0) is 92.3 Å². The summed E-state index contributed by atoms with van der Waals surface area (Å²) < 4.78 is 54.0. The Hall–Kier alpha value is -1.54. The molecule has 1 amide bonds. The van der Waals surface area contributed by atoms with Crippen molar-refractivity contribution < 1.29 is 22.2 Å². The highest BCUT2D eigenvalue weighted by molar-refractivity contribution is 7.98. The third-order valence-corrected chi connectivity index (χ3v) is 11.0. The minimum absolute atomic E-state index is 0.0236. The molecule has 1 saturated heterocycles. The van der Waals surface area contributed by atoms with E-state index in [1.807, 2.05) is 0 Å². The molecule has 1 heterocycles. The monoisotopic (exact) mass is 496 g/mol. The Bertz CT molecular complexity index is 1020. The minimum Gasteiger partial charge on any atom is -0.351 e. The number of carbonyl (C=O) groups excluding carboxylic acids is 1. The number of rotatable bonds is 5. The molecule has 5 unspecified atom stereocenters. The van der Waals surface area contributed by atoms with E-state index in [9.17, 15) is 22.2 Å². The van der Waals surface area contributed by atoms with E-state index in [-0.39, 0.29) is 17.4 Å². The van der Waals surface area contributed by atoms with Crippen LogP contribution in [0.3, 0.4) is 0 Å². The van der Waals surface area contributed by atoms with Crippen molar-refractivity contribution in [2.45, 2.75) is 80.8 Å². The molecule has 1 aromatic carbocycles. The number of benzene rings is 1. The molecule has 1 N–H and O–H groups in total. The first-order chi connectivity index (χ1) is 16.0. The maximum absolute atomic E-state index is 13.5. The van der Waals surface area contributed by atoms with E-state index >= 15 is 0 Å². The lowest BCUT2D eigenvalue weighted by atomic mass is 9.75. The summed E-state index contributed by atoms with van der Waals surface area (Å²) in [5.41, 5.74) is -0.787. The molecule has 3 bridgehead atoms. The van der Waals surface area contributed by atoms with E-state index in [4.69, 9.17) is 0 Å². The molecule has 1 aromatic rings. The highest BCUT2D eigenvalue weighted by Gasteiger charge is 2.52. The average molecular weight is 497 g/mol. The zero-order valence-electron chi connectivity index (χ0n) is 19.6. The van der Waals surface area contributed by atoms with Crippen molar-refractivity contribution in [2.75, 3.05) is 13.1 Å². The normalized spacial score (nSPS) is 35.5. The van der Waals surface area contributed by atoms with Crippen molar-refractivity contribution in [3.63, 3.8) is 0 Å². The van der Waals surface area contributed by atoms with E-state index in [1.54, 1.807) is 4.31 Å². The average Bonchev–Trinajstić information content (AvgIpc) is 2.92. The second kappa shape index (κ2) is 8.84. The first-order valence-electron chi connectivity index (χ1n) is 12.6. The van der Waals surface area contributed by atoms with Gasteiger partial charge in [0.2, 0.25) is 5.91 Å². The van der Waals surface area contributed by atoms with Crippen LogP contribution in [0.25, 0.3) is 0 Å². The van der Waals surface area contributed by atoms with Gasteiger partial charge >= 0.3 is 6.18 Å². The smallest absolute Gasteiger partial charge is 0.351 e. The number of halogens is 3. The summed E-state index contributed by atoms with van der Waals surface area (Å²) in [5, 5.41) is 3.45. The third kappa shape index (κ3) is 4.77. The van der Waals surface area contributed by atoms with E-state index in [0.29, 0.717) is 24.4 Å². The summed E-state index contributed by atoms with van der Waals surface area (Å²) in [5.74, 6) is 6.34. The Morgan fingerprint density at radius 2 is 1.82 bits per heavy atom. The number of nitrogens with zero attached hydrogens (tertiary/aromatic N) is 1.